The zero-order chi connectivity index (χ0) is 20.8. The van der Waals surface area contributed by atoms with Crippen molar-refractivity contribution in [2.24, 2.45) is 5.10 Å². The van der Waals surface area contributed by atoms with Crippen molar-refractivity contribution in [1.82, 2.24) is 15.4 Å². The van der Waals surface area contributed by atoms with Gasteiger partial charge >= 0.3 is 0 Å². The quantitative estimate of drug-likeness (QED) is 0.361. The van der Waals surface area contributed by atoms with Crippen molar-refractivity contribution in [2.75, 3.05) is 7.11 Å². The zero-order valence-corrected chi connectivity index (χ0v) is 15.7. The van der Waals surface area contributed by atoms with Crippen LogP contribution in [0.4, 0.5) is 4.39 Å². The summed E-state index contributed by atoms with van der Waals surface area (Å²) in [5, 5.41) is 13.3. The number of nitrogens with zero attached hydrogens (tertiary/aromatic N) is 3. The van der Waals surface area contributed by atoms with Crippen LogP contribution in [0.15, 0.2) is 53.8 Å². The molecule has 1 heterocycles. The van der Waals surface area contributed by atoms with Crippen LogP contribution in [-0.4, -0.2) is 34.3 Å². The Labute approximate surface area is 169 Å². The van der Waals surface area contributed by atoms with E-state index in [1.807, 2.05) is 0 Å². The van der Waals surface area contributed by atoms with Crippen LogP contribution in [0.3, 0.4) is 0 Å². The minimum absolute atomic E-state index is 0.0940. The molecule has 0 spiro atoms. The highest BCUT2D eigenvalue weighted by Crippen LogP contribution is 2.32. The molecule has 2 N–H and O–H groups in total. The zero-order valence-electron chi connectivity index (χ0n) is 15.0. The number of hydrogen-bond donors (Lipinski definition) is 2. The van der Waals surface area contributed by atoms with E-state index in [9.17, 15) is 14.3 Å². The number of aromatic hydroxyl groups is 1. The van der Waals surface area contributed by atoms with Crippen LogP contribution >= 0.6 is 11.6 Å². The predicted octanol–water partition coefficient (Wildman–Crippen LogP) is 3.54. The average Bonchev–Trinajstić information content (AvgIpc) is 2.71. The first-order valence-electron chi connectivity index (χ1n) is 8.13. The van der Waals surface area contributed by atoms with E-state index in [4.69, 9.17) is 21.1 Å². The lowest BCUT2D eigenvalue weighted by Crippen LogP contribution is -2.17. The first-order chi connectivity index (χ1) is 14.0. The summed E-state index contributed by atoms with van der Waals surface area (Å²) in [7, 11) is 1.41. The van der Waals surface area contributed by atoms with Gasteiger partial charge < -0.3 is 14.6 Å². The number of phenolic OH excluding ortho intramolecular Hbond substituents is 1. The molecule has 3 aromatic rings. The van der Waals surface area contributed by atoms with E-state index in [1.165, 1.54) is 31.5 Å². The van der Waals surface area contributed by atoms with Crippen LogP contribution in [0.2, 0.25) is 5.28 Å². The lowest BCUT2D eigenvalue weighted by atomic mass is 10.2. The maximum absolute atomic E-state index is 13.8. The van der Waals surface area contributed by atoms with Crippen LogP contribution in [0.5, 0.6) is 23.1 Å². The number of ether oxygens (including phenoxy) is 2. The summed E-state index contributed by atoms with van der Waals surface area (Å²) in [4.78, 5) is 19.2. The second-order valence-corrected chi connectivity index (χ2v) is 5.86. The third kappa shape index (κ3) is 4.96. The van der Waals surface area contributed by atoms with Crippen molar-refractivity contribution in [3.63, 3.8) is 0 Å². The molecule has 0 fully saturated rings. The first-order valence-corrected chi connectivity index (χ1v) is 8.51. The summed E-state index contributed by atoms with van der Waals surface area (Å²) in [6.45, 7) is 0. The Bertz CT molecular complexity index is 1080. The molecule has 10 heteroatoms. The molecule has 2 aromatic carbocycles. The molecular weight excluding hydrogens is 403 g/mol. The fourth-order valence-electron chi connectivity index (χ4n) is 2.25. The van der Waals surface area contributed by atoms with E-state index in [0.29, 0.717) is 5.56 Å². The van der Waals surface area contributed by atoms with Crippen molar-refractivity contribution in [3.05, 3.63) is 70.9 Å². The predicted molar refractivity (Wildman–Crippen MR) is 103 cm³/mol. The highest BCUT2D eigenvalue weighted by atomic mass is 35.5. The molecule has 0 bridgehead atoms. The number of aromatic nitrogens is 2. The molecule has 0 aliphatic rings. The summed E-state index contributed by atoms with van der Waals surface area (Å²) in [6, 6.07) is 10.8. The van der Waals surface area contributed by atoms with Gasteiger partial charge in [0.2, 0.25) is 11.1 Å². The van der Waals surface area contributed by atoms with E-state index in [2.05, 4.69) is 20.5 Å². The molecular formula is C19H14ClFN4O4. The first kappa shape index (κ1) is 20.0. The van der Waals surface area contributed by atoms with Gasteiger partial charge in [-0.25, -0.2) is 10.4 Å². The molecule has 0 aliphatic heterocycles. The van der Waals surface area contributed by atoms with Crippen LogP contribution < -0.4 is 14.9 Å². The maximum Gasteiger partial charge on any atom is 0.275 e. The van der Waals surface area contributed by atoms with Crippen LogP contribution in [-0.2, 0) is 0 Å². The Balaban J connectivity index is 1.73. The highest BCUT2D eigenvalue weighted by molar-refractivity contribution is 6.28. The fourth-order valence-corrected chi connectivity index (χ4v) is 2.37. The summed E-state index contributed by atoms with van der Waals surface area (Å²) in [5.74, 6) is -1.39. The number of phenols is 1. The third-order valence-corrected chi connectivity index (χ3v) is 3.79. The lowest BCUT2D eigenvalue weighted by molar-refractivity contribution is 0.0952. The van der Waals surface area contributed by atoms with E-state index >= 15 is 0 Å². The monoisotopic (exact) mass is 416 g/mol. The number of rotatable bonds is 6. The van der Waals surface area contributed by atoms with Gasteiger partial charge in [0.1, 0.15) is 5.75 Å². The molecule has 1 amide bonds. The fraction of sp³-hybridized carbons (Fsp3) is 0.0526. The molecule has 0 aliphatic carbocycles. The third-order valence-electron chi connectivity index (χ3n) is 3.61. The number of methoxy groups -OCH3 is 1. The molecule has 0 saturated heterocycles. The number of hydrogen-bond acceptors (Lipinski definition) is 7. The minimum Gasteiger partial charge on any atom is -0.507 e. The van der Waals surface area contributed by atoms with Crippen LogP contribution in [0, 0.1) is 5.82 Å². The molecule has 0 atom stereocenters. The second kappa shape index (κ2) is 8.98. The maximum atomic E-state index is 13.8. The Hall–Kier alpha value is -3.72. The Morgan fingerprint density at radius 2 is 2.07 bits per heavy atom. The summed E-state index contributed by atoms with van der Waals surface area (Å²) >= 11 is 5.65. The van der Waals surface area contributed by atoms with Gasteiger partial charge in [0.25, 0.3) is 11.8 Å². The largest absolute Gasteiger partial charge is 0.507 e. The second-order valence-electron chi connectivity index (χ2n) is 5.52. The van der Waals surface area contributed by atoms with Crippen molar-refractivity contribution >= 4 is 23.7 Å². The van der Waals surface area contributed by atoms with Crippen molar-refractivity contribution in [1.29, 1.82) is 0 Å². The van der Waals surface area contributed by atoms with Gasteiger partial charge in [-0.2, -0.15) is 14.5 Å². The van der Waals surface area contributed by atoms with Gasteiger partial charge in [0.15, 0.2) is 11.5 Å². The van der Waals surface area contributed by atoms with Gasteiger partial charge in [-0.1, -0.05) is 12.1 Å². The number of benzene rings is 2. The number of carbonyl (C=O) groups excluding carboxylic acids is 1. The number of para-hydroxylation sites is 1. The highest BCUT2D eigenvalue weighted by Gasteiger charge is 2.13. The van der Waals surface area contributed by atoms with E-state index in [0.717, 1.165) is 6.20 Å². The standard InChI is InChI=1S/C19H14ClFN4O4/c1-28-16-8-11(9-23-25-17(27)12-4-2-3-5-14(12)26)6-7-15(16)29-18-13(21)10-22-19(20)24-18/h2-10,26H,1H3,(H,25,27)/b23-9+. The number of amides is 1. The van der Waals surface area contributed by atoms with Gasteiger partial charge in [0, 0.05) is 0 Å². The van der Waals surface area contributed by atoms with Crippen molar-refractivity contribution in [3.8, 4) is 23.1 Å². The van der Waals surface area contributed by atoms with Gasteiger partial charge in [-0.15, -0.1) is 0 Å². The Kier molecular flexibility index (Phi) is 6.20. The molecule has 0 radical (unpaired) electrons. The molecule has 3 rings (SSSR count). The lowest BCUT2D eigenvalue weighted by Gasteiger charge is -2.10. The topological polar surface area (TPSA) is 106 Å². The normalized spacial score (nSPS) is 10.7. The molecule has 0 saturated carbocycles. The minimum atomic E-state index is -0.783. The van der Waals surface area contributed by atoms with Crippen molar-refractivity contribution < 1.29 is 23.8 Å². The van der Waals surface area contributed by atoms with Gasteiger partial charge in [-0.3, -0.25) is 4.79 Å². The van der Waals surface area contributed by atoms with Crippen LogP contribution in [0.1, 0.15) is 15.9 Å². The Morgan fingerprint density at radius 3 is 2.83 bits per heavy atom. The summed E-state index contributed by atoms with van der Waals surface area (Å²) in [5.41, 5.74) is 2.97. The number of hydrazone groups is 1. The number of nitrogens with one attached hydrogen (secondary N) is 1. The smallest absolute Gasteiger partial charge is 0.275 e. The van der Waals surface area contributed by atoms with E-state index in [-0.39, 0.29) is 34.0 Å². The van der Waals surface area contributed by atoms with E-state index < -0.39 is 11.7 Å². The Morgan fingerprint density at radius 1 is 1.28 bits per heavy atom. The summed E-state index contributed by atoms with van der Waals surface area (Å²) < 4.78 is 24.4. The molecule has 8 nitrogen and oxygen atoms in total. The number of halogens is 2. The summed E-state index contributed by atoms with van der Waals surface area (Å²) in [6.07, 6.45) is 2.26. The molecule has 0 unspecified atom stereocenters. The van der Waals surface area contributed by atoms with Gasteiger partial charge in [-0.05, 0) is 47.5 Å². The van der Waals surface area contributed by atoms with Crippen LogP contribution in [0.25, 0.3) is 0 Å². The van der Waals surface area contributed by atoms with Gasteiger partial charge in [0.05, 0.1) is 25.1 Å². The van der Waals surface area contributed by atoms with E-state index in [1.54, 1.807) is 24.3 Å². The molecule has 148 valence electrons. The molecule has 29 heavy (non-hydrogen) atoms. The number of carbonyl (C=O) groups is 1. The molecule has 1 aromatic heterocycles. The van der Waals surface area contributed by atoms with Crippen molar-refractivity contribution in [2.45, 2.75) is 0 Å². The average molecular weight is 417 g/mol. The SMILES string of the molecule is COc1cc(/C=N/NC(=O)c2ccccc2O)ccc1Oc1nc(Cl)ncc1F.